The van der Waals surface area contributed by atoms with Crippen LogP contribution in [0.1, 0.15) is 32.6 Å². The highest BCUT2D eigenvalue weighted by molar-refractivity contribution is 5.73. The van der Waals surface area contributed by atoms with Crippen LogP contribution in [0, 0.1) is 0 Å². The molecule has 5 nitrogen and oxygen atoms in total. The lowest BCUT2D eigenvalue weighted by molar-refractivity contribution is -0.120. The van der Waals surface area contributed by atoms with Crippen LogP contribution in [-0.2, 0) is 9.53 Å². The normalized spacial score (nSPS) is 29.8. The summed E-state index contributed by atoms with van der Waals surface area (Å²) in [7, 11) is 0. The Balaban J connectivity index is 1.95. The number of carbonyl (C=O) groups is 2. The molecule has 0 saturated carbocycles. The highest BCUT2D eigenvalue weighted by Gasteiger charge is 2.44. The molecular formula is C13H20N2O3. The molecule has 0 spiro atoms. The molecule has 2 aliphatic heterocycles. The second-order valence-corrected chi connectivity index (χ2v) is 5.03. The summed E-state index contributed by atoms with van der Waals surface area (Å²) < 4.78 is 5.11. The summed E-state index contributed by atoms with van der Waals surface area (Å²) in [6.07, 6.45) is 5.00. The number of amides is 2. The molecule has 2 aliphatic rings. The Morgan fingerprint density at radius 3 is 2.50 bits per heavy atom. The van der Waals surface area contributed by atoms with Crippen molar-refractivity contribution in [2.24, 2.45) is 0 Å². The van der Waals surface area contributed by atoms with E-state index in [-0.39, 0.29) is 36.7 Å². The molecule has 1 N–H and O–H groups in total. The Morgan fingerprint density at radius 1 is 1.39 bits per heavy atom. The number of hydrogen-bond donors (Lipinski definition) is 1. The predicted molar refractivity (Wildman–Crippen MR) is 67.0 cm³/mol. The minimum absolute atomic E-state index is 0.00193. The largest absolute Gasteiger partial charge is 0.445 e. The second kappa shape index (κ2) is 5.42. The quantitative estimate of drug-likeness (QED) is 0.773. The highest BCUT2D eigenvalue weighted by Crippen LogP contribution is 2.36. The molecule has 2 amide bonds. The van der Waals surface area contributed by atoms with Gasteiger partial charge >= 0.3 is 6.09 Å². The molecule has 2 rings (SSSR count). The summed E-state index contributed by atoms with van der Waals surface area (Å²) in [6.45, 7) is 5.32. The summed E-state index contributed by atoms with van der Waals surface area (Å²) in [4.78, 5) is 24.8. The maximum absolute atomic E-state index is 11.9. The van der Waals surface area contributed by atoms with Crippen LogP contribution in [0.25, 0.3) is 0 Å². The van der Waals surface area contributed by atoms with E-state index in [0.29, 0.717) is 0 Å². The summed E-state index contributed by atoms with van der Waals surface area (Å²) in [5.74, 6) is 0.00193. The molecule has 2 fully saturated rings. The van der Waals surface area contributed by atoms with Gasteiger partial charge in [-0.05, 0) is 25.7 Å². The first-order valence-electron chi connectivity index (χ1n) is 6.45. The van der Waals surface area contributed by atoms with Gasteiger partial charge in [-0.15, -0.1) is 0 Å². The van der Waals surface area contributed by atoms with Gasteiger partial charge in [0.15, 0.2) is 0 Å². The van der Waals surface area contributed by atoms with Crippen molar-refractivity contribution in [3.63, 3.8) is 0 Å². The molecule has 100 valence electrons. The van der Waals surface area contributed by atoms with Crippen LogP contribution in [-0.4, -0.2) is 41.6 Å². The van der Waals surface area contributed by atoms with Crippen molar-refractivity contribution in [1.29, 1.82) is 0 Å². The molecule has 0 radical (unpaired) electrons. The van der Waals surface area contributed by atoms with Crippen LogP contribution in [0.2, 0.25) is 0 Å². The first-order chi connectivity index (χ1) is 8.61. The lowest BCUT2D eigenvalue weighted by Crippen LogP contribution is -2.52. The summed E-state index contributed by atoms with van der Waals surface area (Å²) >= 11 is 0. The fraction of sp³-hybridized carbons (Fsp3) is 0.692. The molecule has 2 heterocycles. The molecule has 0 aliphatic carbocycles. The molecule has 2 unspecified atom stereocenters. The van der Waals surface area contributed by atoms with Crippen LogP contribution in [0.15, 0.2) is 12.7 Å². The minimum atomic E-state index is -0.247. The standard InChI is InChI=1S/C13H20N2O3/c1-3-6-18-13(17)15-11-4-5-12(15)8-10(7-11)14-9(2)16/h3,10-12H,1,4-8H2,2H3,(H,14,16). The Bertz CT molecular complexity index is 342. The van der Waals surface area contributed by atoms with Crippen molar-refractivity contribution in [3.8, 4) is 0 Å². The number of piperidine rings is 1. The van der Waals surface area contributed by atoms with Gasteiger partial charge in [0.25, 0.3) is 0 Å². The minimum Gasteiger partial charge on any atom is -0.445 e. The summed E-state index contributed by atoms with van der Waals surface area (Å²) in [5, 5.41) is 2.95. The molecule has 5 heteroatoms. The number of nitrogens with zero attached hydrogens (tertiary/aromatic N) is 1. The van der Waals surface area contributed by atoms with E-state index in [1.165, 1.54) is 6.92 Å². The zero-order valence-corrected chi connectivity index (χ0v) is 10.7. The van der Waals surface area contributed by atoms with Crippen molar-refractivity contribution in [2.75, 3.05) is 6.61 Å². The average molecular weight is 252 g/mol. The third-order valence-corrected chi connectivity index (χ3v) is 3.68. The molecule has 0 aromatic carbocycles. The third kappa shape index (κ3) is 2.66. The van der Waals surface area contributed by atoms with Gasteiger partial charge < -0.3 is 15.0 Å². The first-order valence-corrected chi connectivity index (χ1v) is 6.45. The summed E-state index contributed by atoms with van der Waals surface area (Å²) in [5.41, 5.74) is 0. The first kappa shape index (κ1) is 12.9. The van der Waals surface area contributed by atoms with Crippen LogP contribution < -0.4 is 5.32 Å². The Kier molecular flexibility index (Phi) is 3.89. The monoisotopic (exact) mass is 252 g/mol. The summed E-state index contributed by atoms with van der Waals surface area (Å²) in [6, 6.07) is 0.610. The highest BCUT2D eigenvalue weighted by atomic mass is 16.6. The van der Waals surface area contributed by atoms with Gasteiger partial charge in [0.2, 0.25) is 5.91 Å². The zero-order chi connectivity index (χ0) is 13.1. The maximum Gasteiger partial charge on any atom is 0.410 e. The maximum atomic E-state index is 11.9. The lowest BCUT2D eigenvalue weighted by Gasteiger charge is -2.38. The van der Waals surface area contributed by atoms with E-state index in [1.807, 2.05) is 4.90 Å². The van der Waals surface area contributed by atoms with Gasteiger partial charge in [0.05, 0.1) is 0 Å². The molecule has 18 heavy (non-hydrogen) atoms. The van der Waals surface area contributed by atoms with Crippen LogP contribution in [0.4, 0.5) is 4.79 Å². The van der Waals surface area contributed by atoms with Crippen molar-refractivity contribution >= 4 is 12.0 Å². The van der Waals surface area contributed by atoms with E-state index < -0.39 is 0 Å². The van der Waals surface area contributed by atoms with Crippen LogP contribution in [0.5, 0.6) is 0 Å². The van der Waals surface area contributed by atoms with E-state index in [4.69, 9.17) is 4.74 Å². The van der Waals surface area contributed by atoms with Crippen molar-refractivity contribution in [1.82, 2.24) is 10.2 Å². The fourth-order valence-electron chi connectivity index (χ4n) is 3.09. The van der Waals surface area contributed by atoms with Gasteiger partial charge in [0.1, 0.15) is 6.61 Å². The van der Waals surface area contributed by atoms with Gasteiger partial charge in [0, 0.05) is 25.0 Å². The SMILES string of the molecule is C=CCOC(=O)N1C2CCC1CC(NC(C)=O)C2. The Hall–Kier alpha value is -1.52. The third-order valence-electron chi connectivity index (χ3n) is 3.68. The molecule has 2 saturated heterocycles. The van der Waals surface area contributed by atoms with E-state index in [0.717, 1.165) is 25.7 Å². The molecular weight excluding hydrogens is 232 g/mol. The zero-order valence-electron chi connectivity index (χ0n) is 10.7. The number of carbonyl (C=O) groups excluding carboxylic acids is 2. The molecule has 0 aromatic rings. The second-order valence-electron chi connectivity index (χ2n) is 5.03. The van der Waals surface area contributed by atoms with Crippen LogP contribution >= 0.6 is 0 Å². The van der Waals surface area contributed by atoms with Gasteiger partial charge in [-0.25, -0.2) is 4.79 Å². The predicted octanol–water partition coefficient (Wildman–Crippen LogP) is 1.44. The number of hydrogen-bond acceptors (Lipinski definition) is 3. The number of ether oxygens (including phenoxy) is 1. The van der Waals surface area contributed by atoms with Crippen molar-refractivity contribution in [3.05, 3.63) is 12.7 Å². The van der Waals surface area contributed by atoms with Crippen molar-refractivity contribution in [2.45, 2.75) is 50.7 Å². The van der Waals surface area contributed by atoms with E-state index in [1.54, 1.807) is 6.08 Å². The van der Waals surface area contributed by atoms with Crippen molar-refractivity contribution < 1.29 is 14.3 Å². The average Bonchev–Trinajstić information content (AvgIpc) is 2.57. The van der Waals surface area contributed by atoms with Gasteiger partial charge in [-0.1, -0.05) is 12.7 Å². The Morgan fingerprint density at radius 2 is 2.00 bits per heavy atom. The van der Waals surface area contributed by atoms with E-state index >= 15 is 0 Å². The lowest BCUT2D eigenvalue weighted by atomic mass is 9.98. The molecule has 2 bridgehead atoms. The van der Waals surface area contributed by atoms with Crippen LogP contribution in [0.3, 0.4) is 0 Å². The molecule has 0 aromatic heterocycles. The van der Waals surface area contributed by atoms with E-state index in [2.05, 4.69) is 11.9 Å². The fourth-order valence-corrected chi connectivity index (χ4v) is 3.09. The Labute approximate surface area is 107 Å². The smallest absolute Gasteiger partial charge is 0.410 e. The van der Waals surface area contributed by atoms with E-state index in [9.17, 15) is 9.59 Å². The van der Waals surface area contributed by atoms with Gasteiger partial charge in [-0.2, -0.15) is 0 Å². The molecule has 2 atom stereocenters. The number of fused-ring (bicyclic) bond motifs is 2. The number of nitrogens with one attached hydrogen (secondary N) is 1. The number of rotatable bonds is 3. The van der Waals surface area contributed by atoms with Gasteiger partial charge in [-0.3, -0.25) is 4.79 Å². The topological polar surface area (TPSA) is 58.6 Å².